The number of likely N-dealkylation sites (tertiary alicyclic amines) is 1. The smallest absolute Gasteiger partial charge is 0.290 e. The molecule has 6 heteroatoms. The SMILES string of the molecule is O=C(N[C@@H]1CCCOC1)c1cc(C2CCN(Cc3ccccc3)CC2)no1. The first-order valence-electron chi connectivity index (χ1n) is 9.89. The highest BCUT2D eigenvalue weighted by molar-refractivity contribution is 5.91. The molecule has 0 radical (unpaired) electrons. The van der Waals surface area contributed by atoms with Gasteiger partial charge in [-0.25, -0.2) is 0 Å². The number of ether oxygens (including phenoxy) is 1. The lowest BCUT2D eigenvalue weighted by Gasteiger charge is -2.31. The first-order valence-corrected chi connectivity index (χ1v) is 9.89. The fourth-order valence-corrected chi connectivity index (χ4v) is 3.93. The van der Waals surface area contributed by atoms with E-state index >= 15 is 0 Å². The largest absolute Gasteiger partial charge is 0.379 e. The molecule has 2 aromatic rings. The summed E-state index contributed by atoms with van der Waals surface area (Å²) in [7, 11) is 0. The highest BCUT2D eigenvalue weighted by Crippen LogP contribution is 2.28. The van der Waals surface area contributed by atoms with Crippen LogP contribution in [0.4, 0.5) is 0 Å². The van der Waals surface area contributed by atoms with Crippen molar-refractivity contribution in [1.82, 2.24) is 15.4 Å². The van der Waals surface area contributed by atoms with Crippen molar-refractivity contribution in [2.45, 2.75) is 44.2 Å². The summed E-state index contributed by atoms with van der Waals surface area (Å²) >= 11 is 0. The molecule has 27 heavy (non-hydrogen) atoms. The molecule has 1 amide bonds. The van der Waals surface area contributed by atoms with Crippen LogP contribution in [-0.4, -0.2) is 48.3 Å². The van der Waals surface area contributed by atoms with E-state index in [4.69, 9.17) is 9.26 Å². The lowest BCUT2D eigenvalue weighted by Crippen LogP contribution is -2.40. The third-order valence-corrected chi connectivity index (χ3v) is 5.50. The van der Waals surface area contributed by atoms with Crippen LogP contribution in [0.25, 0.3) is 0 Å². The first-order chi connectivity index (χ1) is 13.3. The molecule has 4 rings (SSSR count). The normalized spacial score (nSPS) is 21.9. The topological polar surface area (TPSA) is 67.6 Å². The third kappa shape index (κ3) is 4.76. The number of nitrogens with zero attached hydrogens (tertiary/aromatic N) is 2. The minimum absolute atomic E-state index is 0.0704. The standard InChI is InChI=1S/C21H27N3O3/c25-21(22-18-7-4-12-26-15-18)20-13-19(23-27-20)17-8-10-24(11-9-17)14-16-5-2-1-3-6-16/h1-3,5-6,13,17-18H,4,7-12,14-15H2,(H,22,25)/t18-/m1/s1. The van der Waals surface area contributed by atoms with Crippen molar-refractivity contribution in [3.8, 4) is 0 Å². The fourth-order valence-electron chi connectivity index (χ4n) is 3.93. The second-order valence-corrected chi connectivity index (χ2v) is 7.54. The quantitative estimate of drug-likeness (QED) is 0.878. The van der Waals surface area contributed by atoms with Crippen molar-refractivity contribution in [3.05, 3.63) is 53.4 Å². The zero-order chi connectivity index (χ0) is 18.5. The van der Waals surface area contributed by atoms with E-state index in [-0.39, 0.29) is 11.9 Å². The van der Waals surface area contributed by atoms with Gasteiger partial charge in [0.05, 0.1) is 18.3 Å². The summed E-state index contributed by atoms with van der Waals surface area (Å²) in [5.41, 5.74) is 2.25. The van der Waals surface area contributed by atoms with Gasteiger partial charge >= 0.3 is 0 Å². The van der Waals surface area contributed by atoms with E-state index in [9.17, 15) is 4.79 Å². The van der Waals surface area contributed by atoms with Crippen LogP contribution in [0, 0.1) is 0 Å². The molecule has 2 fully saturated rings. The van der Waals surface area contributed by atoms with E-state index in [1.807, 2.05) is 6.07 Å². The van der Waals surface area contributed by atoms with Gasteiger partial charge in [0.15, 0.2) is 0 Å². The maximum atomic E-state index is 12.4. The molecule has 0 unspecified atom stereocenters. The predicted molar refractivity (Wildman–Crippen MR) is 102 cm³/mol. The first kappa shape index (κ1) is 18.2. The van der Waals surface area contributed by atoms with E-state index in [2.05, 4.69) is 45.7 Å². The molecule has 2 saturated heterocycles. The molecule has 1 aromatic carbocycles. The summed E-state index contributed by atoms with van der Waals surface area (Å²) in [4.78, 5) is 14.8. The molecule has 6 nitrogen and oxygen atoms in total. The zero-order valence-electron chi connectivity index (χ0n) is 15.6. The molecule has 3 heterocycles. The van der Waals surface area contributed by atoms with Crippen LogP contribution < -0.4 is 5.32 Å². The maximum Gasteiger partial charge on any atom is 0.290 e. The number of aromatic nitrogens is 1. The van der Waals surface area contributed by atoms with Gasteiger partial charge in [0, 0.05) is 25.1 Å². The summed E-state index contributed by atoms with van der Waals surface area (Å²) in [5.74, 6) is 0.480. The second kappa shape index (κ2) is 8.67. The molecule has 2 aliphatic heterocycles. The lowest BCUT2D eigenvalue weighted by molar-refractivity contribution is 0.0608. The minimum atomic E-state index is -0.189. The van der Waals surface area contributed by atoms with Gasteiger partial charge in [-0.3, -0.25) is 9.69 Å². The molecule has 0 aliphatic carbocycles. The van der Waals surface area contributed by atoms with Crippen molar-refractivity contribution < 1.29 is 14.1 Å². The van der Waals surface area contributed by atoms with Crippen molar-refractivity contribution in [2.75, 3.05) is 26.3 Å². The summed E-state index contributed by atoms with van der Waals surface area (Å²) in [6.45, 7) is 4.42. The zero-order valence-corrected chi connectivity index (χ0v) is 15.6. The molecular formula is C21H27N3O3. The van der Waals surface area contributed by atoms with Crippen LogP contribution in [0.3, 0.4) is 0 Å². The van der Waals surface area contributed by atoms with E-state index < -0.39 is 0 Å². The molecule has 1 atom stereocenters. The molecule has 0 bridgehead atoms. The van der Waals surface area contributed by atoms with Gasteiger partial charge in [-0.2, -0.15) is 0 Å². The molecule has 2 aliphatic rings. The molecule has 1 N–H and O–H groups in total. The van der Waals surface area contributed by atoms with Crippen LogP contribution in [-0.2, 0) is 11.3 Å². The van der Waals surface area contributed by atoms with E-state index in [1.54, 1.807) is 0 Å². The molecule has 0 spiro atoms. The van der Waals surface area contributed by atoms with E-state index in [1.165, 1.54) is 5.56 Å². The number of hydrogen-bond donors (Lipinski definition) is 1. The maximum absolute atomic E-state index is 12.4. The van der Waals surface area contributed by atoms with Crippen molar-refractivity contribution in [1.29, 1.82) is 0 Å². The van der Waals surface area contributed by atoms with Crippen LogP contribution in [0.2, 0.25) is 0 Å². The Morgan fingerprint density at radius 1 is 1.19 bits per heavy atom. The van der Waals surface area contributed by atoms with Gasteiger partial charge in [0.1, 0.15) is 0 Å². The van der Waals surface area contributed by atoms with Gasteiger partial charge in [-0.05, 0) is 44.3 Å². The average molecular weight is 369 g/mol. The van der Waals surface area contributed by atoms with Crippen molar-refractivity contribution >= 4 is 5.91 Å². The number of nitrogens with one attached hydrogen (secondary N) is 1. The number of amides is 1. The Kier molecular flexibility index (Phi) is 5.84. The molecule has 0 saturated carbocycles. The van der Waals surface area contributed by atoms with Crippen LogP contribution in [0.15, 0.2) is 40.9 Å². The van der Waals surface area contributed by atoms with Crippen LogP contribution in [0.5, 0.6) is 0 Å². The summed E-state index contributed by atoms with van der Waals surface area (Å²) in [6.07, 6.45) is 4.01. The summed E-state index contributed by atoms with van der Waals surface area (Å²) in [5, 5.41) is 7.16. The Labute approximate surface area is 159 Å². The van der Waals surface area contributed by atoms with E-state index in [0.717, 1.165) is 57.6 Å². The number of rotatable bonds is 5. The second-order valence-electron chi connectivity index (χ2n) is 7.54. The Morgan fingerprint density at radius 3 is 2.74 bits per heavy atom. The lowest BCUT2D eigenvalue weighted by atomic mass is 9.93. The van der Waals surface area contributed by atoms with Gasteiger partial charge in [0.2, 0.25) is 5.76 Å². The average Bonchev–Trinajstić information content (AvgIpc) is 3.21. The number of piperidine rings is 1. The minimum Gasteiger partial charge on any atom is -0.379 e. The van der Waals surface area contributed by atoms with Gasteiger partial charge in [-0.15, -0.1) is 0 Å². The number of benzene rings is 1. The Bertz CT molecular complexity index is 732. The van der Waals surface area contributed by atoms with E-state index in [0.29, 0.717) is 18.3 Å². The Balaban J connectivity index is 1.28. The monoisotopic (exact) mass is 369 g/mol. The highest BCUT2D eigenvalue weighted by Gasteiger charge is 2.25. The Morgan fingerprint density at radius 2 is 2.00 bits per heavy atom. The number of carbonyl (C=O) groups excluding carboxylic acids is 1. The third-order valence-electron chi connectivity index (χ3n) is 5.50. The summed E-state index contributed by atoms with van der Waals surface area (Å²) in [6, 6.07) is 12.5. The Hall–Kier alpha value is -2.18. The molecule has 144 valence electrons. The van der Waals surface area contributed by atoms with Crippen molar-refractivity contribution in [3.63, 3.8) is 0 Å². The number of hydrogen-bond acceptors (Lipinski definition) is 5. The molecular weight excluding hydrogens is 342 g/mol. The highest BCUT2D eigenvalue weighted by atomic mass is 16.5. The van der Waals surface area contributed by atoms with Gasteiger partial charge < -0.3 is 14.6 Å². The van der Waals surface area contributed by atoms with Gasteiger partial charge in [0.25, 0.3) is 5.91 Å². The predicted octanol–water partition coefficient (Wildman–Crippen LogP) is 2.96. The van der Waals surface area contributed by atoms with Crippen LogP contribution >= 0.6 is 0 Å². The van der Waals surface area contributed by atoms with Gasteiger partial charge in [-0.1, -0.05) is 35.5 Å². The van der Waals surface area contributed by atoms with Crippen molar-refractivity contribution in [2.24, 2.45) is 0 Å². The summed E-state index contributed by atoms with van der Waals surface area (Å²) < 4.78 is 10.7. The number of carbonyl (C=O) groups is 1. The van der Waals surface area contributed by atoms with Crippen LogP contribution in [0.1, 0.15) is 53.4 Å². The fraction of sp³-hybridized carbons (Fsp3) is 0.524. The molecule has 1 aromatic heterocycles.